The minimum atomic E-state index is -1.40. The SMILES string of the molecule is CC#CC1(N)C(CO)[C@@H]([C@@H](C)O)O[C@H]1n1ncc(N)nc1=O. The maximum atomic E-state index is 12.0. The largest absolute Gasteiger partial charge is 0.396 e. The summed E-state index contributed by atoms with van der Waals surface area (Å²) in [4.78, 5) is 15.6. The maximum Gasteiger partial charge on any atom is 0.368 e. The van der Waals surface area contributed by atoms with Crippen LogP contribution >= 0.6 is 0 Å². The van der Waals surface area contributed by atoms with Crippen LogP contribution in [0.5, 0.6) is 0 Å². The van der Waals surface area contributed by atoms with E-state index in [9.17, 15) is 15.0 Å². The van der Waals surface area contributed by atoms with Crippen molar-refractivity contribution in [1.29, 1.82) is 0 Å². The van der Waals surface area contributed by atoms with E-state index in [4.69, 9.17) is 16.2 Å². The molecule has 9 heteroatoms. The van der Waals surface area contributed by atoms with Crippen LogP contribution in [0.3, 0.4) is 0 Å². The van der Waals surface area contributed by atoms with Crippen molar-refractivity contribution in [2.45, 2.75) is 37.8 Å². The molecular weight excluding hydrogens is 290 g/mol. The zero-order chi connectivity index (χ0) is 16.5. The van der Waals surface area contributed by atoms with E-state index in [0.717, 1.165) is 4.68 Å². The van der Waals surface area contributed by atoms with Crippen LogP contribution in [0.2, 0.25) is 0 Å². The minimum Gasteiger partial charge on any atom is -0.396 e. The van der Waals surface area contributed by atoms with Crippen LogP contribution < -0.4 is 17.2 Å². The highest BCUT2D eigenvalue weighted by Crippen LogP contribution is 2.41. The highest BCUT2D eigenvalue weighted by Gasteiger charge is 2.56. The van der Waals surface area contributed by atoms with Gasteiger partial charge in [0.1, 0.15) is 11.4 Å². The summed E-state index contributed by atoms with van der Waals surface area (Å²) >= 11 is 0. The number of ether oxygens (including phenoxy) is 1. The van der Waals surface area contributed by atoms with Crippen molar-refractivity contribution >= 4 is 5.82 Å². The zero-order valence-electron chi connectivity index (χ0n) is 12.3. The fourth-order valence-corrected chi connectivity index (χ4v) is 2.67. The molecule has 1 aromatic rings. The maximum absolute atomic E-state index is 12.0. The Morgan fingerprint density at radius 3 is 2.82 bits per heavy atom. The number of rotatable bonds is 3. The average molecular weight is 309 g/mol. The summed E-state index contributed by atoms with van der Waals surface area (Å²) in [7, 11) is 0. The van der Waals surface area contributed by atoms with Gasteiger partial charge in [-0.15, -0.1) is 5.92 Å². The lowest BCUT2D eigenvalue weighted by molar-refractivity contribution is -0.0748. The Kier molecular flexibility index (Phi) is 4.48. The summed E-state index contributed by atoms with van der Waals surface area (Å²) in [5.41, 5.74) is 9.57. The number of anilines is 1. The first-order chi connectivity index (χ1) is 10.3. The van der Waals surface area contributed by atoms with Gasteiger partial charge in [-0.25, -0.2) is 4.79 Å². The van der Waals surface area contributed by atoms with Crippen LogP contribution in [-0.2, 0) is 4.74 Å². The molecule has 22 heavy (non-hydrogen) atoms. The van der Waals surface area contributed by atoms with E-state index in [2.05, 4.69) is 21.9 Å². The summed E-state index contributed by atoms with van der Waals surface area (Å²) in [6.45, 7) is 2.72. The summed E-state index contributed by atoms with van der Waals surface area (Å²) in [5.74, 6) is 4.71. The first kappa shape index (κ1) is 16.4. The third-order valence-electron chi connectivity index (χ3n) is 3.68. The lowest BCUT2D eigenvalue weighted by Crippen LogP contribution is -2.54. The summed E-state index contributed by atoms with van der Waals surface area (Å²) in [5, 5.41) is 23.4. The Balaban J connectivity index is 2.57. The molecule has 2 rings (SSSR count). The van der Waals surface area contributed by atoms with Crippen LogP contribution in [0.4, 0.5) is 5.82 Å². The summed E-state index contributed by atoms with van der Waals surface area (Å²) < 4.78 is 6.61. The fourth-order valence-electron chi connectivity index (χ4n) is 2.67. The molecule has 0 saturated carbocycles. The second-order valence-corrected chi connectivity index (χ2v) is 5.20. The van der Waals surface area contributed by atoms with Crippen molar-refractivity contribution in [3.8, 4) is 11.8 Å². The molecule has 2 unspecified atom stereocenters. The van der Waals surface area contributed by atoms with Gasteiger partial charge >= 0.3 is 5.69 Å². The lowest BCUT2D eigenvalue weighted by atomic mass is 9.82. The van der Waals surface area contributed by atoms with Crippen molar-refractivity contribution < 1.29 is 14.9 Å². The van der Waals surface area contributed by atoms with Crippen LogP contribution in [0.1, 0.15) is 20.1 Å². The predicted molar refractivity (Wildman–Crippen MR) is 77.2 cm³/mol. The Bertz CT molecular complexity index is 664. The molecule has 0 spiro atoms. The van der Waals surface area contributed by atoms with Gasteiger partial charge in [0.15, 0.2) is 6.23 Å². The smallest absolute Gasteiger partial charge is 0.368 e. The van der Waals surface area contributed by atoms with E-state index in [1.54, 1.807) is 6.92 Å². The Hall–Kier alpha value is -1.99. The van der Waals surface area contributed by atoms with Gasteiger partial charge in [-0.2, -0.15) is 14.8 Å². The average Bonchev–Trinajstić information content (AvgIpc) is 2.72. The molecule has 0 radical (unpaired) electrons. The van der Waals surface area contributed by atoms with Crippen molar-refractivity contribution in [1.82, 2.24) is 14.8 Å². The number of nitrogens with zero attached hydrogens (tertiary/aromatic N) is 3. The first-order valence-corrected chi connectivity index (χ1v) is 6.73. The monoisotopic (exact) mass is 309 g/mol. The van der Waals surface area contributed by atoms with Gasteiger partial charge in [-0.1, -0.05) is 5.92 Å². The van der Waals surface area contributed by atoms with Crippen molar-refractivity contribution in [3.63, 3.8) is 0 Å². The predicted octanol–water partition coefficient (Wildman–Crippen LogP) is -2.17. The normalized spacial score (nSPS) is 32.3. The number of hydrogen-bond acceptors (Lipinski definition) is 8. The van der Waals surface area contributed by atoms with E-state index < -0.39 is 35.6 Å². The molecule has 5 atom stereocenters. The number of aromatic nitrogens is 3. The number of nitrogens with two attached hydrogens (primary N) is 2. The molecule has 0 aliphatic carbocycles. The van der Waals surface area contributed by atoms with Crippen molar-refractivity contribution in [2.24, 2.45) is 11.7 Å². The molecule has 0 bridgehead atoms. The second kappa shape index (κ2) is 6.02. The molecule has 0 amide bonds. The number of nitrogen functional groups attached to an aromatic ring is 1. The minimum absolute atomic E-state index is 0.0331. The molecule has 1 aliphatic rings. The van der Waals surface area contributed by atoms with Gasteiger partial charge in [0.05, 0.1) is 25.0 Å². The fraction of sp³-hybridized carbons (Fsp3) is 0.615. The highest BCUT2D eigenvalue weighted by atomic mass is 16.5. The molecule has 1 aliphatic heterocycles. The van der Waals surface area contributed by atoms with Crippen molar-refractivity contribution in [3.05, 3.63) is 16.7 Å². The zero-order valence-corrected chi connectivity index (χ0v) is 12.3. The van der Waals surface area contributed by atoms with Crippen LogP contribution in [-0.4, -0.2) is 49.3 Å². The van der Waals surface area contributed by atoms with E-state index in [1.165, 1.54) is 13.1 Å². The Morgan fingerprint density at radius 1 is 1.64 bits per heavy atom. The third kappa shape index (κ3) is 2.57. The van der Waals surface area contributed by atoms with Gasteiger partial charge in [0.2, 0.25) is 0 Å². The molecular formula is C13H19N5O4. The van der Waals surface area contributed by atoms with E-state index in [-0.39, 0.29) is 12.4 Å². The van der Waals surface area contributed by atoms with E-state index in [0.29, 0.717) is 0 Å². The highest BCUT2D eigenvalue weighted by molar-refractivity contribution is 5.25. The van der Waals surface area contributed by atoms with Gasteiger partial charge in [0, 0.05) is 5.92 Å². The standard InChI is InChI=1S/C13H19N5O4/c1-3-4-13(15)8(6-19)10(7(2)20)22-11(13)18-12(21)17-9(14)5-16-18/h5,7-8,10-11,19-20H,6,15H2,1-2H3,(H2,14,17,21)/t7-,8?,10-,11-,13?/m1/s1. The first-order valence-electron chi connectivity index (χ1n) is 6.73. The molecule has 9 nitrogen and oxygen atoms in total. The van der Waals surface area contributed by atoms with Gasteiger partial charge < -0.3 is 26.4 Å². The van der Waals surface area contributed by atoms with E-state index >= 15 is 0 Å². The molecule has 2 heterocycles. The Labute approximate surface area is 126 Å². The third-order valence-corrected chi connectivity index (χ3v) is 3.68. The number of hydrogen-bond donors (Lipinski definition) is 4. The molecule has 0 aromatic carbocycles. The summed E-state index contributed by atoms with van der Waals surface area (Å²) in [6, 6.07) is 0. The lowest BCUT2D eigenvalue weighted by Gasteiger charge is -2.29. The van der Waals surface area contributed by atoms with E-state index in [1.807, 2.05) is 0 Å². The number of aliphatic hydroxyl groups is 2. The summed E-state index contributed by atoms with van der Waals surface area (Å²) in [6.07, 6.45) is -1.63. The molecule has 1 fully saturated rings. The molecule has 1 saturated heterocycles. The quantitative estimate of drug-likeness (QED) is 0.461. The molecule has 1 aromatic heterocycles. The van der Waals surface area contributed by atoms with Gasteiger partial charge in [-0.05, 0) is 13.8 Å². The van der Waals surface area contributed by atoms with Gasteiger partial charge in [-0.3, -0.25) is 0 Å². The number of aliphatic hydroxyl groups excluding tert-OH is 2. The Morgan fingerprint density at radius 2 is 2.32 bits per heavy atom. The molecule has 6 N–H and O–H groups in total. The van der Waals surface area contributed by atoms with Crippen LogP contribution in [0.15, 0.2) is 11.0 Å². The molecule has 120 valence electrons. The van der Waals surface area contributed by atoms with Crippen LogP contribution in [0, 0.1) is 17.8 Å². The second-order valence-electron chi connectivity index (χ2n) is 5.20. The van der Waals surface area contributed by atoms with Gasteiger partial charge in [0.25, 0.3) is 0 Å². The van der Waals surface area contributed by atoms with Crippen molar-refractivity contribution in [2.75, 3.05) is 12.3 Å². The van der Waals surface area contributed by atoms with Crippen LogP contribution in [0.25, 0.3) is 0 Å². The topological polar surface area (TPSA) is 150 Å².